The standard InChI is InChI=1S/C18H12O5.C2H6/c19-8-1-2-9-10(3-8)12-5-16(21)18(23)7-14(12)13-6-17(22)15(20)4-11(9)13;1-2/h1-7,19-23H;1-2H3. The summed E-state index contributed by atoms with van der Waals surface area (Å²) in [5.41, 5.74) is 0. The van der Waals surface area contributed by atoms with E-state index in [1.807, 2.05) is 13.8 Å². The quantitative estimate of drug-likeness (QED) is 0.236. The summed E-state index contributed by atoms with van der Waals surface area (Å²) in [5, 5.41) is 52.9. The van der Waals surface area contributed by atoms with E-state index in [1.54, 1.807) is 12.1 Å². The van der Waals surface area contributed by atoms with Gasteiger partial charge in [-0.25, -0.2) is 0 Å². The molecule has 4 rings (SSSR count). The lowest BCUT2D eigenvalue weighted by molar-refractivity contribution is 0.404. The maximum atomic E-state index is 9.82. The number of benzene rings is 4. The minimum atomic E-state index is -0.286. The van der Waals surface area contributed by atoms with Gasteiger partial charge >= 0.3 is 0 Å². The van der Waals surface area contributed by atoms with E-state index in [1.165, 1.54) is 30.3 Å². The summed E-state index contributed by atoms with van der Waals surface area (Å²) in [6.45, 7) is 4.00. The number of fused-ring (bicyclic) bond motifs is 6. The SMILES string of the molecule is CC.Oc1ccc2c(c1)c1cc(O)c(O)cc1c1cc(O)c(O)cc21. The van der Waals surface area contributed by atoms with Crippen molar-refractivity contribution in [1.82, 2.24) is 0 Å². The summed E-state index contributed by atoms with van der Waals surface area (Å²) in [5.74, 6) is -1.03. The lowest BCUT2D eigenvalue weighted by Crippen LogP contribution is -1.84. The van der Waals surface area contributed by atoms with Crippen molar-refractivity contribution in [2.24, 2.45) is 0 Å². The molecule has 0 unspecified atom stereocenters. The van der Waals surface area contributed by atoms with Crippen LogP contribution in [0.3, 0.4) is 0 Å². The number of phenols is 5. The maximum Gasteiger partial charge on any atom is 0.158 e. The first-order chi connectivity index (χ1) is 12.0. The third-order valence-electron chi connectivity index (χ3n) is 4.10. The molecule has 0 fully saturated rings. The average molecular weight is 338 g/mol. The van der Waals surface area contributed by atoms with Crippen molar-refractivity contribution in [1.29, 1.82) is 0 Å². The second-order valence-electron chi connectivity index (χ2n) is 5.50. The second kappa shape index (κ2) is 5.94. The highest BCUT2D eigenvalue weighted by Crippen LogP contribution is 2.43. The molecule has 0 amide bonds. The van der Waals surface area contributed by atoms with Gasteiger partial charge in [0.15, 0.2) is 23.0 Å². The van der Waals surface area contributed by atoms with Crippen LogP contribution in [-0.2, 0) is 0 Å². The number of aromatic hydroxyl groups is 5. The van der Waals surface area contributed by atoms with Gasteiger partial charge < -0.3 is 25.5 Å². The molecule has 0 saturated carbocycles. The zero-order valence-electron chi connectivity index (χ0n) is 13.8. The van der Waals surface area contributed by atoms with Crippen LogP contribution >= 0.6 is 0 Å². The van der Waals surface area contributed by atoms with Crippen molar-refractivity contribution in [2.75, 3.05) is 0 Å². The first kappa shape index (κ1) is 16.5. The Labute approximate surface area is 143 Å². The summed E-state index contributed by atoms with van der Waals surface area (Å²) in [4.78, 5) is 0. The molecule has 25 heavy (non-hydrogen) atoms. The van der Waals surface area contributed by atoms with Crippen molar-refractivity contribution in [3.63, 3.8) is 0 Å². The average Bonchev–Trinajstić information content (AvgIpc) is 2.60. The molecule has 0 spiro atoms. The fraction of sp³-hybridized carbons (Fsp3) is 0.100. The molecule has 0 aliphatic carbocycles. The van der Waals surface area contributed by atoms with Gasteiger partial charge in [0.05, 0.1) is 0 Å². The molecule has 128 valence electrons. The van der Waals surface area contributed by atoms with E-state index >= 15 is 0 Å². The minimum Gasteiger partial charge on any atom is -0.508 e. The van der Waals surface area contributed by atoms with Crippen molar-refractivity contribution < 1.29 is 25.5 Å². The molecule has 5 nitrogen and oxygen atoms in total. The zero-order valence-corrected chi connectivity index (χ0v) is 13.8. The van der Waals surface area contributed by atoms with Crippen LogP contribution in [0, 0.1) is 0 Å². The minimum absolute atomic E-state index is 0.0636. The molecule has 0 bridgehead atoms. The fourth-order valence-corrected chi connectivity index (χ4v) is 3.03. The monoisotopic (exact) mass is 338 g/mol. The van der Waals surface area contributed by atoms with Crippen LogP contribution in [0.5, 0.6) is 28.7 Å². The van der Waals surface area contributed by atoms with Crippen LogP contribution in [0.15, 0.2) is 42.5 Å². The van der Waals surface area contributed by atoms with Gasteiger partial charge in [-0.2, -0.15) is 0 Å². The summed E-state index contributed by atoms with van der Waals surface area (Å²) >= 11 is 0. The predicted octanol–water partition coefficient (Wildman–Crippen LogP) is 4.70. The van der Waals surface area contributed by atoms with Gasteiger partial charge in [0.2, 0.25) is 0 Å². The Balaban J connectivity index is 0.000000880. The van der Waals surface area contributed by atoms with Gasteiger partial charge in [0.1, 0.15) is 5.75 Å². The Bertz CT molecular complexity index is 1080. The number of rotatable bonds is 0. The first-order valence-electron chi connectivity index (χ1n) is 7.92. The van der Waals surface area contributed by atoms with Crippen LogP contribution in [-0.4, -0.2) is 25.5 Å². The Morgan fingerprint density at radius 3 is 1.16 bits per heavy atom. The maximum absolute atomic E-state index is 9.82. The van der Waals surface area contributed by atoms with Crippen LogP contribution in [0.25, 0.3) is 32.3 Å². The highest BCUT2D eigenvalue weighted by molar-refractivity contribution is 6.26. The fourth-order valence-electron chi connectivity index (χ4n) is 3.03. The molecule has 4 aromatic rings. The van der Waals surface area contributed by atoms with E-state index < -0.39 is 0 Å². The second-order valence-corrected chi connectivity index (χ2v) is 5.50. The van der Waals surface area contributed by atoms with E-state index in [-0.39, 0.29) is 28.7 Å². The van der Waals surface area contributed by atoms with Gasteiger partial charge in [-0.15, -0.1) is 0 Å². The molecule has 5 N–H and O–H groups in total. The first-order valence-corrected chi connectivity index (χ1v) is 7.92. The molecule has 0 heterocycles. The Hall–Kier alpha value is -3.34. The van der Waals surface area contributed by atoms with E-state index in [4.69, 9.17) is 0 Å². The Morgan fingerprint density at radius 1 is 0.440 bits per heavy atom. The molecule has 0 aromatic heterocycles. The molecule has 0 atom stereocenters. The molecule has 0 radical (unpaired) electrons. The van der Waals surface area contributed by atoms with Crippen molar-refractivity contribution in [3.05, 3.63) is 42.5 Å². The molecule has 0 saturated heterocycles. The van der Waals surface area contributed by atoms with E-state index in [2.05, 4.69) is 0 Å². The van der Waals surface area contributed by atoms with Crippen LogP contribution in [0.2, 0.25) is 0 Å². The van der Waals surface area contributed by atoms with Crippen molar-refractivity contribution in [2.45, 2.75) is 13.8 Å². The Kier molecular flexibility index (Phi) is 3.93. The summed E-state index contributed by atoms with van der Waals surface area (Å²) < 4.78 is 0. The van der Waals surface area contributed by atoms with Gasteiger partial charge in [-0.05, 0) is 68.7 Å². The van der Waals surface area contributed by atoms with Crippen molar-refractivity contribution in [3.8, 4) is 28.7 Å². The summed E-state index contributed by atoms with van der Waals surface area (Å²) in [7, 11) is 0. The molecular formula is C20H18O5. The third kappa shape index (κ3) is 2.50. The van der Waals surface area contributed by atoms with E-state index in [0.29, 0.717) is 26.9 Å². The number of hydrogen-bond donors (Lipinski definition) is 5. The normalized spacial score (nSPS) is 10.8. The smallest absolute Gasteiger partial charge is 0.158 e. The van der Waals surface area contributed by atoms with E-state index in [0.717, 1.165) is 5.39 Å². The van der Waals surface area contributed by atoms with Gasteiger partial charge in [0, 0.05) is 0 Å². The molecule has 0 aliphatic rings. The lowest BCUT2D eigenvalue weighted by atomic mass is 9.93. The summed E-state index contributed by atoms with van der Waals surface area (Å²) in [6.07, 6.45) is 0. The highest BCUT2D eigenvalue weighted by Gasteiger charge is 2.14. The topological polar surface area (TPSA) is 101 Å². The van der Waals surface area contributed by atoms with E-state index in [9.17, 15) is 25.5 Å². The third-order valence-corrected chi connectivity index (χ3v) is 4.10. The molecular weight excluding hydrogens is 320 g/mol. The number of phenolic OH excluding ortho intramolecular Hbond substituents is 5. The van der Waals surface area contributed by atoms with Crippen LogP contribution in [0.1, 0.15) is 13.8 Å². The van der Waals surface area contributed by atoms with Gasteiger partial charge in [-0.1, -0.05) is 19.9 Å². The zero-order chi connectivity index (χ0) is 18.3. The van der Waals surface area contributed by atoms with Crippen LogP contribution in [0.4, 0.5) is 0 Å². The van der Waals surface area contributed by atoms with Gasteiger partial charge in [0.25, 0.3) is 0 Å². The highest BCUT2D eigenvalue weighted by atomic mass is 16.3. The van der Waals surface area contributed by atoms with Crippen molar-refractivity contribution >= 4 is 32.3 Å². The molecule has 4 aromatic carbocycles. The predicted molar refractivity (Wildman–Crippen MR) is 98.6 cm³/mol. The Morgan fingerprint density at radius 2 is 0.760 bits per heavy atom. The number of hydrogen-bond acceptors (Lipinski definition) is 5. The van der Waals surface area contributed by atoms with Gasteiger partial charge in [-0.3, -0.25) is 0 Å². The largest absolute Gasteiger partial charge is 0.508 e. The molecule has 0 aliphatic heterocycles. The molecule has 5 heteroatoms. The lowest BCUT2D eigenvalue weighted by Gasteiger charge is -2.12. The van der Waals surface area contributed by atoms with Crippen LogP contribution < -0.4 is 0 Å². The summed E-state index contributed by atoms with van der Waals surface area (Å²) in [6, 6.07) is 10.4.